The minimum atomic E-state index is 0.117. The summed E-state index contributed by atoms with van der Waals surface area (Å²) in [5.74, 6) is 3.25. The topological polar surface area (TPSA) is 48.0 Å². The summed E-state index contributed by atoms with van der Waals surface area (Å²) < 4.78 is 1.93. The molecule has 1 saturated heterocycles. The van der Waals surface area contributed by atoms with Crippen LogP contribution in [0.4, 0.5) is 0 Å². The lowest BCUT2D eigenvalue weighted by atomic mass is 10.0. The first-order valence-corrected chi connectivity index (χ1v) is 10.3. The molecule has 0 aliphatic carbocycles. The largest absolute Gasteiger partial charge is 0.321 e. The predicted molar refractivity (Wildman–Crippen MR) is 105 cm³/mol. The summed E-state index contributed by atoms with van der Waals surface area (Å²) in [6.07, 6.45) is 0. The highest BCUT2D eigenvalue weighted by molar-refractivity contribution is 7.99. The number of nitrogens with one attached hydrogen (secondary N) is 1. The van der Waals surface area contributed by atoms with Gasteiger partial charge in [0.05, 0.1) is 19.6 Å². The zero-order chi connectivity index (χ0) is 17.8. The monoisotopic (exact) mass is 386 g/mol. The number of hydrogen-bond acceptors (Lipinski definition) is 4. The Kier molecular flexibility index (Phi) is 5.53. The van der Waals surface area contributed by atoms with Crippen molar-refractivity contribution in [3.8, 4) is 0 Å². The molecule has 1 aliphatic heterocycles. The first kappa shape index (κ1) is 17.5. The summed E-state index contributed by atoms with van der Waals surface area (Å²) in [4.78, 5) is 1.51. The molecule has 5 nitrogen and oxygen atoms in total. The molecule has 2 heterocycles. The van der Waals surface area contributed by atoms with Gasteiger partial charge in [0.2, 0.25) is 5.82 Å². The second-order valence-electron chi connectivity index (χ2n) is 6.44. The van der Waals surface area contributed by atoms with Gasteiger partial charge in [-0.1, -0.05) is 54.1 Å². The summed E-state index contributed by atoms with van der Waals surface area (Å²) in [6, 6.07) is 18.5. The van der Waals surface area contributed by atoms with E-state index in [1.54, 1.807) is 0 Å². The first-order valence-electron chi connectivity index (χ1n) is 8.79. The fraction of sp³-hybridized carbons (Fsp3) is 0.316. The average Bonchev–Trinajstić information content (AvgIpc) is 3.13. The lowest BCUT2D eigenvalue weighted by Gasteiger charge is -2.30. The van der Waals surface area contributed by atoms with Crippen molar-refractivity contribution < 1.29 is 4.90 Å². The lowest BCUT2D eigenvalue weighted by molar-refractivity contribution is -0.922. The molecule has 2 aromatic carbocycles. The van der Waals surface area contributed by atoms with Crippen LogP contribution < -0.4 is 4.90 Å². The Bertz CT molecular complexity index is 831. The van der Waals surface area contributed by atoms with E-state index < -0.39 is 0 Å². The van der Waals surface area contributed by atoms with Crippen LogP contribution >= 0.6 is 23.4 Å². The quantitative estimate of drug-likeness (QED) is 0.729. The summed E-state index contributed by atoms with van der Waals surface area (Å²) >= 11 is 8.13. The molecule has 1 fully saturated rings. The van der Waals surface area contributed by atoms with Gasteiger partial charge in [0.1, 0.15) is 0 Å². The van der Waals surface area contributed by atoms with Crippen LogP contribution in [0.2, 0.25) is 5.02 Å². The molecule has 0 spiro atoms. The zero-order valence-electron chi connectivity index (χ0n) is 14.4. The van der Waals surface area contributed by atoms with Crippen molar-refractivity contribution in [3.63, 3.8) is 0 Å². The zero-order valence-corrected chi connectivity index (χ0v) is 16.0. The van der Waals surface area contributed by atoms with E-state index in [-0.39, 0.29) is 6.04 Å². The number of benzene rings is 2. The van der Waals surface area contributed by atoms with E-state index in [4.69, 9.17) is 11.6 Å². The smallest absolute Gasteiger partial charge is 0.214 e. The van der Waals surface area contributed by atoms with E-state index in [0.29, 0.717) is 6.54 Å². The van der Waals surface area contributed by atoms with Crippen molar-refractivity contribution in [1.82, 2.24) is 20.2 Å². The third-order valence-corrected chi connectivity index (χ3v) is 5.98. The molecular weight excluding hydrogens is 366 g/mol. The molecule has 0 radical (unpaired) electrons. The molecule has 0 amide bonds. The lowest BCUT2D eigenvalue weighted by Crippen LogP contribution is -3.14. The molecule has 3 aromatic rings. The molecule has 1 aromatic heterocycles. The maximum atomic E-state index is 6.11. The third kappa shape index (κ3) is 3.92. The summed E-state index contributed by atoms with van der Waals surface area (Å²) in [7, 11) is 0. The maximum absolute atomic E-state index is 6.11. The van der Waals surface area contributed by atoms with Gasteiger partial charge in [-0.05, 0) is 28.1 Å². The van der Waals surface area contributed by atoms with Crippen molar-refractivity contribution in [3.05, 3.63) is 76.6 Å². The second kappa shape index (κ2) is 8.20. The first-order chi connectivity index (χ1) is 12.8. The molecule has 1 N–H and O–H groups in total. The Morgan fingerprint density at radius 1 is 1.04 bits per heavy atom. The number of rotatable bonds is 5. The van der Waals surface area contributed by atoms with Crippen molar-refractivity contribution in [2.75, 3.05) is 24.6 Å². The van der Waals surface area contributed by atoms with Crippen LogP contribution in [0.15, 0.2) is 54.6 Å². The van der Waals surface area contributed by atoms with Crippen LogP contribution in [-0.4, -0.2) is 44.8 Å². The van der Waals surface area contributed by atoms with Crippen LogP contribution in [0.25, 0.3) is 0 Å². The van der Waals surface area contributed by atoms with E-state index >= 15 is 0 Å². The normalized spacial score (nSPS) is 16.5. The van der Waals surface area contributed by atoms with Crippen LogP contribution in [0.3, 0.4) is 0 Å². The Balaban J connectivity index is 1.70. The average molecular weight is 387 g/mol. The Hall–Kier alpha value is -1.89. The maximum Gasteiger partial charge on any atom is 0.214 e. The minimum Gasteiger partial charge on any atom is -0.321 e. The fourth-order valence-electron chi connectivity index (χ4n) is 3.43. The molecule has 1 atom stereocenters. The van der Waals surface area contributed by atoms with Crippen molar-refractivity contribution >= 4 is 23.4 Å². The van der Waals surface area contributed by atoms with E-state index in [0.717, 1.165) is 23.9 Å². The number of halogens is 1. The van der Waals surface area contributed by atoms with Gasteiger partial charge in [0.15, 0.2) is 6.04 Å². The standard InChI is InChI=1S/C19H20ClN5S/c20-17-8-6-16(7-9-17)18(24-10-12-26-13-11-24)19-21-22-23-25(19)14-15-4-2-1-3-5-15/h1-9,18H,10-14H2/p+1/t18-/m1/s1. The SMILES string of the molecule is Clc1ccc([C@H](c2nnnn2Cc2ccccc2)[NH+]2CCSCC2)cc1. The molecular formula is C19H21ClN5S+. The summed E-state index contributed by atoms with van der Waals surface area (Å²) in [5.41, 5.74) is 2.40. The molecule has 134 valence electrons. The molecule has 1 aliphatic rings. The van der Waals surface area contributed by atoms with Crippen LogP contribution in [0.5, 0.6) is 0 Å². The second-order valence-corrected chi connectivity index (χ2v) is 8.10. The van der Waals surface area contributed by atoms with Crippen molar-refractivity contribution in [1.29, 1.82) is 0 Å². The van der Waals surface area contributed by atoms with Gasteiger partial charge in [-0.15, -0.1) is 5.10 Å². The molecule has 0 bridgehead atoms. The van der Waals surface area contributed by atoms with Crippen molar-refractivity contribution in [2.45, 2.75) is 12.6 Å². The van der Waals surface area contributed by atoms with Gasteiger partial charge < -0.3 is 4.90 Å². The van der Waals surface area contributed by atoms with Crippen molar-refractivity contribution in [2.24, 2.45) is 0 Å². The highest BCUT2D eigenvalue weighted by atomic mass is 35.5. The van der Waals surface area contributed by atoms with Gasteiger partial charge in [0.25, 0.3) is 0 Å². The number of aromatic nitrogens is 4. The van der Waals surface area contributed by atoms with Gasteiger partial charge in [-0.25, -0.2) is 4.68 Å². The van der Waals surface area contributed by atoms with Gasteiger partial charge >= 0.3 is 0 Å². The third-order valence-electron chi connectivity index (χ3n) is 4.74. The summed E-state index contributed by atoms with van der Waals surface area (Å²) in [5, 5.41) is 13.5. The molecule has 4 rings (SSSR count). The Labute approximate surface area is 162 Å². The molecule has 0 unspecified atom stereocenters. The molecule has 0 saturated carbocycles. The van der Waals surface area contributed by atoms with E-state index in [1.165, 1.54) is 27.5 Å². The predicted octanol–water partition coefficient (Wildman–Crippen LogP) is 2.10. The number of hydrogen-bond donors (Lipinski definition) is 1. The van der Waals surface area contributed by atoms with E-state index in [2.05, 4.69) is 39.8 Å². The Morgan fingerprint density at radius 3 is 2.50 bits per heavy atom. The van der Waals surface area contributed by atoms with Gasteiger partial charge in [-0.2, -0.15) is 11.8 Å². The highest BCUT2D eigenvalue weighted by Gasteiger charge is 2.32. The van der Waals surface area contributed by atoms with Crippen LogP contribution in [-0.2, 0) is 6.54 Å². The number of nitrogens with zero attached hydrogens (tertiary/aromatic N) is 4. The van der Waals surface area contributed by atoms with Gasteiger partial charge in [0, 0.05) is 22.1 Å². The van der Waals surface area contributed by atoms with Gasteiger partial charge in [-0.3, -0.25) is 0 Å². The molecule has 7 heteroatoms. The molecule has 26 heavy (non-hydrogen) atoms. The summed E-state index contributed by atoms with van der Waals surface area (Å²) in [6.45, 7) is 2.89. The van der Waals surface area contributed by atoms with E-state index in [1.807, 2.05) is 46.8 Å². The van der Waals surface area contributed by atoms with Crippen LogP contribution in [0, 0.1) is 0 Å². The number of tetrazole rings is 1. The fourth-order valence-corrected chi connectivity index (χ4v) is 4.58. The van der Waals surface area contributed by atoms with Crippen LogP contribution in [0.1, 0.15) is 23.0 Å². The number of thioether (sulfide) groups is 1. The Morgan fingerprint density at radius 2 is 1.77 bits per heavy atom. The minimum absolute atomic E-state index is 0.117. The van der Waals surface area contributed by atoms with E-state index in [9.17, 15) is 0 Å². The highest BCUT2D eigenvalue weighted by Crippen LogP contribution is 2.21. The number of quaternary nitrogens is 1.